The molecular formula is C18H32NO4P. The minimum Gasteiger partial charge on any atom is -0.478 e. The maximum Gasteiger partial charge on any atom is 0.331 e. The van der Waals surface area contributed by atoms with Crippen molar-refractivity contribution < 1.29 is 19.4 Å². The molecule has 0 bridgehead atoms. The summed E-state index contributed by atoms with van der Waals surface area (Å²) in [6.07, 6.45) is 13.0. The van der Waals surface area contributed by atoms with Crippen molar-refractivity contribution in [3.63, 3.8) is 0 Å². The highest BCUT2D eigenvalue weighted by molar-refractivity contribution is 7.59. The standard InChI is InChI=1S/C18H32NO4P/c19-17(12-15-9-5-2-6-10-15)24(22,23)13-16(18(20)21)11-14-7-3-1-4-8-14/h11,14-15,17H,1-10,12-13,19H2,(H,20,21)(H,22,23)/b16-11-. The van der Waals surface area contributed by atoms with E-state index in [1.165, 1.54) is 12.8 Å². The van der Waals surface area contributed by atoms with E-state index < -0.39 is 19.1 Å². The maximum absolute atomic E-state index is 12.7. The van der Waals surface area contributed by atoms with E-state index in [1.807, 2.05) is 0 Å². The van der Waals surface area contributed by atoms with Crippen molar-refractivity contribution in [2.24, 2.45) is 17.6 Å². The molecule has 0 aromatic heterocycles. The van der Waals surface area contributed by atoms with Gasteiger partial charge in [-0.3, -0.25) is 4.57 Å². The number of carboxylic acids is 1. The van der Waals surface area contributed by atoms with Crippen LogP contribution in [0.4, 0.5) is 0 Å². The predicted octanol–water partition coefficient (Wildman–Crippen LogP) is 4.10. The Hall–Kier alpha value is -0.640. The molecule has 0 amide bonds. The van der Waals surface area contributed by atoms with E-state index in [9.17, 15) is 19.4 Å². The first-order valence-corrected chi connectivity index (χ1v) is 11.3. The van der Waals surface area contributed by atoms with Crippen LogP contribution < -0.4 is 5.73 Å². The Bertz CT molecular complexity index is 493. The zero-order valence-corrected chi connectivity index (χ0v) is 15.4. The Labute approximate surface area is 145 Å². The summed E-state index contributed by atoms with van der Waals surface area (Å²) in [7, 11) is -3.70. The number of aliphatic carboxylic acids is 1. The smallest absolute Gasteiger partial charge is 0.331 e. The fourth-order valence-corrected chi connectivity index (χ4v) is 5.66. The largest absolute Gasteiger partial charge is 0.478 e. The predicted molar refractivity (Wildman–Crippen MR) is 96.2 cm³/mol. The molecule has 4 N–H and O–H groups in total. The molecule has 0 aliphatic heterocycles. The Morgan fingerprint density at radius 2 is 1.62 bits per heavy atom. The number of carbonyl (C=O) groups is 1. The van der Waals surface area contributed by atoms with Crippen LogP contribution in [-0.4, -0.2) is 27.9 Å². The van der Waals surface area contributed by atoms with Gasteiger partial charge in [-0.15, -0.1) is 0 Å². The maximum atomic E-state index is 12.7. The summed E-state index contributed by atoms with van der Waals surface area (Å²) >= 11 is 0. The van der Waals surface area contributed by atoms with Crippen LogP contribution >= 0.6 is 7.37 Å². The zero-order chi connectivity index (χ0) is 17.6. The SMILES string of the molecule is NC(CC1CCCCC1)P(=O)(O)C/C(=C/C1CCCCC1)C(=O)O. The molecular weight excluding hydrogens is 325 g/mol. The van der Waals surface area contributed by atoms with Gasteiger partial charge in [-0.25, -0.2) is 4.79 Å². The lowest BCUT2D eigenvalue weighted by Gasteiger charge is -2.27. The lowest BCUT2D eigenvalue weighted by molar-refractivity contribution is -0.132. The van der Waals surface area contributed by atoms with Crippen molar-refractivity contribution in [2.75, 3.05) is 6.16 Å². The van der Waals surface area contributed by atoms with Crippen molar-refractivity contribution in [1.82, 2.24) is 0 Å². The summed E-state index contributed by atoms with van der Waals surface area (Å²) < 4.78 is 12.7. The van der Waals surface area contributed by atoms with Crippen molar-refractivity contribution in [3.05, 3.63) is 11.6 Å². The van der Waals surface area contributed by atoms with E-state index in [4.69, 9.17) is 5.73 Å². The van der Waals surface area contributed by atoms with Crippen LogP contribution in [0.5, 0.6) is 0 Å². The Morgan fingerprint density at radius 1 is 1.08 bits per heavy atom. The van der Waals surface area contributed by atoms with Gasteiger partial charge in [0.25, 0.3) is 0 Å². The molecule has 2 aliphatic rings. The number of hydrogen-bond acceptors (Lipinski definition) is 3. The molecule has 0 heterocycles. The molecule has 2 atom stereocenters. The van der Waals surface area contributed by atoms with Gasteiger partial charge >= 0.3 is 5.97 Å². The highest BCUT2D eigenvalue weighted by Crippen LogP contribution is 2.49. The summed E-state index contributed by atoms with van der Waals surface area (Å²) in [5, 5.41) is 9.43. The Morgan fingerprint density at radius 3 is 2.17 bits per heavy atom. The Balaban J connectivity index is 1.98. The molecule has 0 radical (unpaired) electrons. The number of allylic oxidation sites excluding steroid dienone is 1. The lowest BCUT2D eigenvalue weighted by atomic mass is 9.87. The van der Waals surface area contributed by atoms with Crippen LogP contribution in [0.25, 0.3) is 0 Å². The molecule has 2 rings (SSSR count). The Kier molecular flexibility index (Phi) is 7.52. The van der Waals surface area contributed by atoms with Gasteiger partial charge in [0.15, 0.2) is 0 Å². The second-order valence-corrected chi connectivity index (χ2v) is 10.1. The van der Waals surface area contributed by atoms with Gasteiger partial charge in [0, 0.05) is 5.57 Å². The van der Waals surface area contributed by atoms with Crippen LogP contribution in [0.15, 0.2) is 11.6 Å². The third kappa shape index (κ3) is 6.02. The van der Waals surface area contributed by atoms with Gasteiger partial charge in [-0.2, -0.15) is 0 Å². The molecule has 0 saturated heterocycles. The number of hydrogen-bond donors (Lipinski definition) is 3. The minimum absolute atomic E-state index is 0.0758. The third-order valence-corrected chi connectivity index (χ3v) is 7.62. The number of rotatable bonds is 7. The van der Waals surface area contributed by atoms with Crippen LogP contribution in [-0.2, 0) is 9.36 Å². The normalized spacial score (nSPS) is 25.2. The molecule has 2 saturated carbocycles. The average Bonchev–Trinajstić information content (AvgIpc) is 2.56. The molecule has 138 valence electrons. The molecule has 24 heavy (non-hydrogen) atoms. The monoisotopic (exact) mass is 357 g/mol. The third-order valence-electron chi connectivity index (χ3n) is 5.58. The quantitative estimate of drug-likeness (QED) is 0.470. The van der Waals surface area contributed by atoms with E-state index in [2.05, 4.69) is 0 Å². The van der Waals surface area contributed by atoms with Crippen molar-refractivity contribution in [1.29, 1.82) is 0 Å². The van der Waals surface area contributed by atoms with Crippen molar-refractivity contribution in [3.8, 4) is 0 Å². The van der Waals surface area contributed by atoms with Gasteiger partial charge in [0.1, 0.15) is 0 Å². The average molecular weight is 357 g/mol. The number of carboxylic acid groups (broad SMARTS) is 1. The lowest BCUT2D eigenvalue weighted by Crippen LogP contribution is -2.27. The van der Waals surface area contributed by atoms with Gasteiger partial charge in [0.2, 0.25) is 7.37 Å². The molecule has 2 aliphatic carbocycles. The molecule has 6 heteroatoms. The van der Waals surface area contributed by atoms with Gasteiger partial charge in [0.05, 0.1) is 11.9 Å². The minimum atomic E-state index is -3.70. The molecule has 2 unspecified atom stereocenters. The summed E-state index contributed by atoms with van der Waals surface area (Å²) in [6, 6.07) is 0. The second-order valence-electron chi connectivity index (χ2n) is 7.62. The molecule has 0 spiro atoms. The highest BCUT2D eigenvalue weighted by atomic mass is 31.2. The van der Waals surface area contributed by atoms with Crippen LogP contribution in [0.1, 0.15) is 70.6 Å². The first kappa shape index (κ1) is 19.7. The highest BCUT2D eigenvalue weighted by Gasteiger charge is 2.33. The molecule has 0 aromatic carbocycles. The summed E-state index contributed by atoms with van der Waals surface area (Å²) in [5.41, 5.74) is 6.11. The topological polar surface area (TPSA) is 101 Å². The number of nitrogens with two attached hydrogens (primary N) is 1. The van der Waals surface area contributed by atoms with Gasteiger partial charge < -0.3 is 15.7 Å². The molecule has 2 fully saturated rings. The van der Waals surface area contributed by atoms with Crippen LogP contribution in [0.2, 0.25) is 0 Å². The second kappa shape index (κ2) is 9.17. The molecule has 5 nitrogen and oxygen atoms in total. The van der Waals surface area contributed by atoms with Crippen LogP contribution in [0.3, 0.4) is 0 Å². The van der Waals surface area contributed by atoms with E-state index in [1.54, 1.807) is 6.08 Å². The van der Waals surface area contributed by atoms with Crippen molar-refractivity contribution in [2.45, 2.75) is 76.4 Å². The van der Waals surface area contributed by atoms with Gasteiger partial charge in [-0.05, 0) is 31.1 Å². The summed E-state index contributed by atoms with van der Waals surface area (Å²) in [6.45, 7) is 0. The fraction of sp³-hybridized carbons (Fsp3) is 0.833. The molecule has 0 aromatic rings. The van der Waals surface area contributed by atoms with Crippen LogP contribution in [0, 0.1) is 11.8 Å². The van der Waals surface area contributed by atoms with E-state index >= 15 is 0 Å². The van der Waals surface area contributed by atoms with E-state index in [0.717, 1.165) is 51.4 Å². The summed E-state index contributed by atoms with van der Waals surface area (Å²) in [5.74, 6) is -1.27. The first-order valence-electron chi connectivity index (χ1n) is 9.39. The van der Waals surface area contributed by atoms with Crippen molar-refractivity contribution >= 4 is 13.3 Å². The van der Waals surface area contributed by atoms with E-state index in [-0.39, 0.29) is 17.7 Å². The fourth-order valence-electron chi connectivity index (χ4n) is 4.07. The first-order chi connectivity index (χ1) is 11.4. The summed E-state index contributed by atoms with van der Waals surface area (Å²) in [4.78, 5) is 21.9. The van der Waals surface area contributed by atoms with E-state index in [0.29, 0.717) is 12.3 Å². The zero-order valence-electron chi connectivity index (χ0n) is 14.5. The van der Waals surface area contributed by atoms with Gasteiger partial charge in [-0.1, -0.05) is 57.4 Å².